The highest BCUT2D eigenvalue weighted by molar-refractivity contribution is 6.02. The number of hydrogen-bond acceptors (Lipinski definition) is 5. The molecular weight excluding hydrogens is 242 g/mol. The number of nitrogens with zero attached hydrogens (tertiary/aromatic N) is 3. The fraction of sp³-hybridized carbons (Fsp3) is 0.154. The van der Waals surface area contributed by atoms with Gasteiger partial charge in [-0.3, -0.25) is 4.79 Å². The second kappa shape index (κ2) is 5.34. The van der Waals surface area contributed by atoms with Gasteiger partial charge >= 0.3 is 0 Å². The molecule has 0 saturated heterocycles. The van der Waals surface area contributed by atoms with Crippen LogP contribution in [0.2, 0.25) is 0 Å². The van der Waals surface area contributed by atoms with Gasteiger partial charge in [0.15, 0.2) is 0 Å². The first-order valence-corrected chi connectivity index (χ1v) is 5.72. The van der Waals surface area contributed by atoms with Gasteiger partial charge in [-0.05, 0) is 24.3 Å². The number of rotatable bonds is 3. The first-order chi connectivity index (χ1) is 9.06. The number of anilines is 3. The summed E-state index contributed by atoms with van der Waals surface area (Å²) in [6.07, 6.45) is 2.70. The van der Waals surface area contributed by atoms with Crippen molar-refractivity contribution in [3.05, 3.63) is 42.4 Å². The van der Waals surface area contributed by atoms with E-state index in [0.29, 0.717) is 5.69 Å². The van der Waals surface area contributed by atoms with Gasteiger partial charge in [-0.1, -0.05) is 0 Å². The van der Waals surface area contributed by atoms with Crippen molar-refractivity contribution < 1.29 is 4.79 Å². The Bertz CT molecular complexity index is 563. The Kier molecular flexibility index (Phi) is 3.61. The fourth-order valence-electron chi connectivity index (χ4n) is 1.49. The molecule has 2 aromatic rings. The minimum Gasteiger partial charge on any atom is -0.382 e. The van der Waals surface area contributed by atoms with Gasteiger partial charge in [0.2, 0.25) is 0 Å². The maximum absolute atomic E-state index is 11.9. The Balaban J connectivity index is 2.08. The molecule has 0 aliphatic carbocycles. The number of carbonyl (C=O) groups excluding carboxylic acids is 1. The van der Waals surface area contributed by atoms with E-state index < -0.39 is 0 Å². The van der Waals surface area contributed by atoms with Gasteiger partial charge in [-0.25, -0.2) is 9.97 Å². The SMILES string of the molecule is CN(C)c1ccc(NC(=O)c2cnc(N)cn2)cc1. The van der Waals surface area contributed by atoms with Crippen molar-refractivity contribution in [1.82, 2.24) is 9.97 Å². The Hall–Kier alpha value is -2.63. The zero-order chi connectivity index (χ0) is 13.8. The summed E-state index contributed by atoms with van der Waals surface area (Å²) in [7, 11) is 3.91. The van der Waals surface area contributed by atoms with Crippen LogP contribution in [0, 0.1) is 0 Å². The Labute approximate surface area is 111 Å². The molecule has 0 bridgehead atoms. The van der Waals surface area contributed by atoms with E-state index in [0.717, 1.165) is 5.69 Å². The van der Waals surface area contributed by atoms with E-state index in [1.807, 2.05) is 43.3 Å². The van der Waals surface area contributed by atoms with E-state index in [-0.39, 0.29) is 17.4 Å². The lowest BCUT2D eigenvalue weighted by molar-refractivity contribution is 0.102. The van der Waals surface area contributed by atoms with Gasteiger partial charge in [0.25, 0.3) is 5.91 Å². The molecule has 6 heteroatoms. The summed E-state index contributed by atoms with van der Waals surface area (Å²) < 4.78 is 0. The predicted molar refractivity (Wildman–Crippen MR) is 75.2 cm³/mol. The van der Waals surface area contributed by atoms with Crippen LogP contribution >= 0.6 is 0 Å². The first kappa shape index (κ1) is 12.8. The summed E-state index contributed by atoms with van der Waals surface area (Å²) in [6, 6.07) is 7.50. The van der Waals surface area contributed by atoms with Crippen LogP contribution in [0.4, 0.5) is 17.2 Å². The van der Waals surface area contributed by atoms with E-state index in [4.69, 9.17) is 5.73 Å². The number of carbonyl (C=O) groups is 1. The van der Waals surface area contributed by atoms with Crippen molar-refractivity contribution in [3.8, 4) is 0 Å². The predicted octanol–water partition coefficient (Wildman–Crippen LogP) is 1.38. The van der Waals surface area contributed by atoms with Gasteiger partial charge in [0.05, 0.1) is 12.4 Å². The second-order valence-electron chi connectivity index (χ2n) is 4.22. The summed E-state index contributed by atoms with van der Waals surface area (Å²) >= 11 is 0. The van der Waals surface area contributed by atoms with E-state index in [2.05, 4.69) is 15.3 Å². The van der Waals surface area contributed by atoms with Crippen LogP contribution in [0.3, 0.4) is 0 Å². The summed E-state index contributed by atoms with van der Waals surface area (Å²) in [5.41, 5.74) is 7.41. The number of nitrogens with one attached hydrogen (secondary N) is 1. The Morgan fingerprint density at radius 1 is 1.16 bits per heavy atom. The first-order valence-electron chi connectivity index (χ1n) is 5.72. The van der Waals surface area contributed by atoms with E-state index >= 15 is 0 Å². The molecule has 1 aromatic heterocycles. The number of aromatic nitrogens is 2. The summed E-state index contributed by atoms with van der Waals surface area (Å²) in [5.74, 6) is -0.0306. The molecule has 0 unspecified atom stereocenters. The van der Waals surface area contributed by atoms with E-state index in [9.17, 15) is 4.79 Å². The molecule has 0 spiro atoms. The molecule has 0 atom stereocenters. The van der Waals surface area contributed by atoms with Crippen molar-refractivity contribution in [3.63, 3.8) is 0 Å². The third kappa shape index (κ3) is 3.19. The van der Waals surface area contributed by atoms with Crippen molar-refractivity contribution in [1.29, 1.82) is 0 Å². The van der Waals surface area contributed by atoms with Crippen LogP contribution in [0.15, 0.2) is 36.7 Å². The molecule has 98 valence electrons. The van der Waals surface area contributed by atoms with Crippen LogP contribution in [0.1, 0.15) is 10.5 Å². The maximum Gasteiger partial charge on any atom is 0.275 e. The van der Waals surface area contributed by atoms with Crippen molar-refractivity contribution in [2.45, 2.75) is 0 Å². The van der Waals surface area contributed by atoms with Crippen LogP contribution in [0.5, 0.6) is 0 Å². The smallest absolute Gasteiger partial charge is 0.275 e. The summed E-state index contributed by atoms with van der Waals surface area (Å²) in [6.45, 7) is 0. The van der Waals surface area contributed by atoms with Crippen LogP contribution in [-0.2, 0) is 0 Å². The maximum atomic E-state index is 11.9. The molecule has 1 aromatic carbocycles. The monoisotopic (exact) mass is 257 g/mol. The lowest BCUT2D eigenvalue weighted by atomic mass is 10.2. The van der Waals surface area contributed by atoms with Gasteiger partial charge in [-0.15, -0.1) is 0 Å². The van der Waals surface area contributed by atoms with Gasteiger partial charge in [0.1, 0.15) is 11.5 Å². The average molecular weight is 257 g/mol. The number of nitrogen functional groups attached to an aromatic ring is 1. The number of hydrogen-bond donors (Lipinski definition) is 2. The minimum absolute atomic E-state index is 0.228. The van der Waals surface area contributed by atoms with Crippen LogP contribution in [-0.4, -0.2) is 30.0 Å². The zero-order valence-corrected chi connectivity index (χ0v) is 10.8. The standard InChI is InChI=1S/C13H15N5O/c1-18(2)10-5-3-9(4-6-10)17-13(19)11-7-16-12(14)8-15-11/h3-8H,1-2H3,(H2,14,16)(H,17,19). The highest BCUT2D eigenvalue weighted by Crippen LogP contribution is 2.16. The second-order valence-corrected chi connectivity index (χ2v) is 4.22. The van der Waals surface area contributed by atoms with Crippen molar-refractivity contribution in [2.24, 2.45) is 0 Å². The molecule has 2 rings (SSSR count). The third-order valence-electron chi connectivity index (χ3n) is 2.55. The molecule has 0 fully saturated rings. The highest BCUT2D eigenvalue weighted by atomic mass is 16.1. The molecule has 19 heavy (non-hydrogen) atoms. The van der Waals surface area contributed by atoms with Gasteiger partial charge in [-0.2, -0.15) is 0 Å². The summed E-state index contributed by atoms with van der Waals surface area (Å²) in [5, 5.41) is 2.74. The van der Waals surface area contributed by atoms with Crippen molar-refractivity contribution in [2.75, 3.05) is 30.0 Å². The van der Waals surface area contributed by atoms with Gasteiger partial charge in [0, 0.05) is 25.5 Å². The van der Waals surface area contributed by atoms with E-state index in [1.54, 1.807) is 0 Å². The molecule has 0 saturated carbocycles. The average Bonchev–Trinajstić information content (AvgIpc) is 2.40. The largest absolute Gasteiger partial charge is 0.382 e. The zero-order valence-electron chi connectivity index (χ0n) is 10.8. The molecule has 0 aliphatic rings. The fourth-order valence-corrected chi connectivity index (χ4v) is 1.49. The number of nitrogens with two attached hydrogens (primary N) is 1. The van der Waals surface area contributed by atoms with E-state index in [1.165, 1.54) is 12.4 Å². The van der Waals surface area contributed by atoms with Crippen molar-refractivity contribution >= 4 is 23.1 Å². The topological polar surface area (TPSA) is 84.1 Å². The lowest BCUT2D eigenvalue weighted by Gasteiger charge is -2.12. The quantitative estimate of drug-likeness (QED) is 0.867. The summed E-state index contributed by atoms with van der Waals surface area (Å²) in [4.78, 5) is 21.6. The normalized spacial score (nSPS) is 10.0. The van der Waals surface area contributed by atoms with Gasteiger partial charge < -0.3 is 16.0 Å². The number of amides is 1. The molecule has 0 aliphatic heterocycles. The molecular formula is C13H15N5O. The molecule has 1 heterocycles. The molecule has 0 radical (unpaired) electrons. The number of benzene rings is 1. The van der Waals surface area contributed by atoms with Crippen LogP contribution in [0.25, 0.3) is 0 Å². The highest BCUT2D eigenvalue weighted by Gasteiger charge is 2.08. The third-order valence-corrected chi connectivity index (χ3v) is 2.55. The lowest BCUT2D eigenvalue weighted by Crippen LogP contribution is -2.14. The molecule has 1 amide bonds. The Morgan fingerprint density at radius 3 is 2.37 bits per heavy atom. The van der Waals surface area contributed by atoms with Crippen LogP contribution < -0.4 is 16.0 Å². The molecule has 6 nitrogen and oxygen atoms in total. The molecule has 3 N–H and O–H groups in total. The Morgan fingerprint density at radius 2 is 1.84 bits per heavy atom. The minimum atomic E-state index is -0.315.